The Morgan fingerprint density at radius 3 is 2.75 bits per heavy atom. The van der Waals surface area contributed by atoms with Gasteiger partial charge in [-0.05, 0) is 47.1 Å². The second-order valence-electron chi connectivity index (χ2n) is 3.98. The van der Waals surface area contributed by atoms with Gasteiger partial charge in [0.2, 0.25) is 0 Å². The van der Waals surface area contributed by atoms with E-state index in [2.05, 4.69) is 36.9 Å². The Bertz CT molecular complexity index is 642. The summed E-state index contributed by atoms with van der Waals surface area (Å²) in [6, 6.07) is 11.1. The first kappa shape index (κ1) is 15.1. The third-order valence-corrected chi connectivity index (χ3v) is 3.63. The van der Waals surface area contributed by atoms with Crippen molar-refractivity contribution in [3.63, 3.8) is 0 Å². The summed E-state index contributed by atoms with van der Waals surface area (Å²) in [5.41, 5.74) is 1.35. The zero-order chi connectivity index (χ0) is 14.5. The van der Waals surface area contributed by atoms with E-state index in [0.717, 1.165) is 15.9 Å². The summed E-state index contributed by atoms with van der Waals surface area (Å²) >= 11 is 6.68. The van der Waals surface area contributed by atoms with Gasteiger partial charge in [0.25, 0.3) is 0 Å². The Balaban J connectivity index is 2.35. The maximum atomic E-state index is 9.98. The first-order valence-electron chi connectivity index (χ1n) is 6.05. The minimum atomic E-state index is 0.158. The molecule has 0 amide bonds. The smallest absolute Gasteiger partial charge is 0.144 e. The molecule has 0 aromatic heterocycles. The van der Waals surface area contributed by atoms with Gasteiger partial charge in [-0.1, -0.05) is 28.1 Å². The highest BCUT2D eigenvalue weighted by molar-refractivity contribution is 9.11. The van der Waals surface area contributed by atoms with Crippen LogP contribution in [0.1, 0.15) is 12.5 Å². The molecule has 2 aromatic carbocycles. The second kappa shape index (κ2) is 6.90. The lowest BCUT2D eigenvalue weighted by atomic mass is 10.2. The van der Waals surface area contributed by atoms with Crippen molar-refractivity contribution in [2.75, 3.05) is 6.61 Å². The van der Waals surface area contributed by atoms with Crippen LogP contribution in [-0.2, 0) is 0 Å². The third-order valence-electron chi connectivity index (χ3n) is 2.57. The number of hydrogen-bond acceptors (Lipinski definition) is 3. The molecule has 2 aromatic rings. The van der Waals surface area contributed by atoms with Crippen LogP contribution in [-0.4, -0.2) is 17.9 Å². The maximum absolute atomic E-state index is 9.98. The molecule has 0 aliphatic heterocycles. The Kier molecular flexibility index (Phi) is 5.20. The molecule has 0 atom stereocenters. The first-order chi connectivity index (χ1) is 9.61. The standard InChI is InChI=1S/C15H13Br2NO2/c1-2-20-14-6-4-3-5-13(14)18-9-10-7-11(16)8-12(17)15(10)19/h3-9,19H,2H2,1H3. The van der Waals surface area contributed by atoms with Crippen molar-refractivity contribution in [3.05, 3.63) is 50.9 Å². The van der Waals surface area contributed by atoms with Crippen LogP contribution >= 0.6 is 31.9 Å². The van der Waals surface area contributed by atoms with Gasteiger partial charge < -0.3 is 9.84 Å². The lowest BCUT2D eigenvalue weighted by molar-refractivity contribution is 0.341. The third kappa shape index (κ3) is 3.61. The van der Waals surface area contributed by atoms with Crippen LogP contribution < -0.4 is 4.74 Å². The van der Waals surface area contributed by atoms with E-state index in [-0.39, 0.29) is 5.75 Å². The Hall–Kier alpha value is -1.33. The average Bonchev–Trinajstić information content (AvgIpc) is 2.43. The van der Waals surface area contributed by atoms with Crippen molar-refractivity contribution in [1.29, 1.82) is 0 Å². The molecule has 2 rings (SSSR count). The summed E-state index contributed by atoms with van der Waals surface area (Å²) in [5.74, 6) is 0.880. The van der Waals surface area contributed by atoms with Gasteiger partial charge in [0.15, 0.2) is 0 Å². The van der Waals surface area contributed by atoms with E-state index in [1.54, 1.807) is 18.3 Å². The van der Waals surface area contributed by atoms with Crippen molar-refractivity contribution in [2.24, 2.45) is 4.99 Å². The molecule has 0 radical (unpaired) electrons. The van der Waals surface area contributed by atoms with Crippen molar-refractivity contribution in [1.82, 2.24) is 0 Å². The van der Waals surface area contributed by atoms with Crippen molar-refractivity contribution >= 4 is 43.8 Å². The van der Waals surface area contributed by atoms with Gasteiger partial charge in [-0.15, -0.1) is 0 Å². The molecule has 3 nitrogen and oxygen atoms in total. The summed E-state index contributed by atoms with van der Waals surface area (Å²) in [5, 5.41) is 9.98. The minimum Gasteiger partial charge on any atom is -0.506 e. The summed E-state index contributed by atoms with van der Waals surface area (Å²) in [6.07, 6.45) is 1.61. The fourth-order valence-electron chi connectivity index (χ4n) is 1.66. The zero-order valence-corrected chi connectivity index (χ0v) is 14.0. The van der Waals surface area contributed by atoms with E-state index >= 15 is 0 Å². The van der Waals surface area contributed by atoms with Gasteiger partial charge in [0.05, 0.1) is 11.1 Å². The van der Waals surface area contributed by atoms with E-state index in [4.69, 9.17) is 4.74 Å². The van der Waals surface area contributed by atoms with E-state index < -0.39 is 0 Å². The van der Waals surface area contributed by atoms with Crippen molar-refractivity contribution in [3.8, 4) is 11.5 Å². The highest BCUT2D eigenvalue weighted by Crippen LogP contribution is 2.32. The number of nitrogens with zero attached hydrogens (tertiary/aromatic N) is 1. The van der Waals surface area contributed by atoms with Gasteiger partial charge in [0, 0.05) is 16.3 Å². The van der Waals surface area contributed by atoms with Crippen LogP contribution in [0.5, 0.6) is 11.5 Å². The highest BCUT2D eigenvalue weighted by atomic mass is 79.9. The molecule has 0 unspecified atom stereocenters. The van der Waals surface area contributed by atoms with E-state index in [1.807, 2.05) is 31.2 Å². The lowest BCUT2D eigenvalue weighted by Gasteiger charge is -2.06. The molecule has 0 spiro atoms. The number of hydrogen-bond donors (Lipinski definition) is 1. The molecule has 0 bridgehead atoms. The van der Waals surface area contributed by atoms with Crippen molar-refractivity contribution < 1.29 is 9.84 Å². The van der Waals surface area contributed by atoms with Gasteiger partial charge in [-0.3, -0.25) is 4.99 Å². The molecule has 0 aliphatic carbocycles. The first-order valence-corrected chi connectivity index (χ1v) is 7.64. The van der Waals surface area contributed by atoms with Crippen LogP contribution in [0.2, 0.25) is 0 Å². The summed E-state index contributed by atoms with van der Waals surface area (Å²) in [6.45, 7) is 2.51. The predicted octanol–water partition coefficient (Wildman–Crippen LogP) is 5.07. The molecule has 0 heterocycles. The number of para-hydroxylation sites is 2. The molecule has 1 N–H and O–H groups in total. The summed E-state index contributed by atoms with van der Waals surface area (Å²) in [7, 11) is 0. The van der Waals surface area contributed by atoms with Crippen LogP contribution in [0, 0.1) is 0 Å². The van der Waals surface area contributed by atoms with Gasteiger partial charge in [0.1, 0.15) is 17.2 Å². The van der Waals surface area contributed by atoms with Crippen LogP contribution in [0.25, 0.3) is 0 Å². The summed E-state index contributed by atoms with van der Waals surface area (Å²) < 4.78 is 6.99. The molecule has 0 aliphatic rings. The number of aliphatic imine (C=N–C) groups is 1. The molecule has 0 saturated carbocycles. The molecule has 104 valence electrons. The van der Waals surface area contributed by atoms with E-state index in [9.17, 15) is 5.11 Å². The monoisotopic (exact) mass is 397 g/mol. The second-order valence-corrected chi connectivity index (χ2v) is 5.75. The van der Waals surface area contributed by atoms with Crippen LogP contribution in [0.15, 0.2) is 50.3 Å². The van der Waals surface area contributed by atoms with Gasteiger partial charge in [-0.2, -0.15) is 0 Å². The summed E-state index contributed by atoms with van der Waals surface area (Å²) in [4.78, 5) is 4.39. The molecular weight excluding hydrogens is 386 g/mol. The van der Waals surface area contributed by atoms with E-state index in [0.29, 0.717) is 16.6 Å². The van der Waals surface area contributed by atoms with E-state index in [1.165, 1.54) is 0 Å². The largest absolute Gasteiger partial charge is 0.506 e. The number of halogens is 2. The van der Waals surface area contributed by atoms with Gasteiger partial charge in [-0.25, -0.2) is 0 Å². The fourth-order valence-corrected chi connectivity index (χ4v) is 2.92. The lowest BCUT2D eigenvalue weighted by Crippen LogP contribution is -1.91. The molecule has 0 fully saturated rings. The van der Waals surface area contributed by atoms with Crippen LogP contribution in [0.4, 0.5) is 5.69 Å². The topological polar surface area (TPSA) is 41.8 Å². The van der Waals surface area contributed by atoms with Gasteiger partial charge >= 0.3 is 0 Å². The quantitative estimate of drug-likeness (QED) is 0.730. The number of phenolic OH excluding ortho intramolecular Hbond substituents is 1. The predicted molar refractivity (Wildman–Crippen MR) is 88.4 cm³/mol. The number of aromatic hydroxyl groups is 1. The number of rotatable bonds is 4. The average molecular weight is 399 g/mol. The Labute approximate surface area is 134 Å². The number of benzene rings is 2. The number of ether oxygens (including phenoxy) is 1. The highest BCUT2D eigenvalue weighted by Gasteiger charge is 2.06. The van der Waals surface area contributed by atoms with Crippen LogP contribution in [0.3, 0.4) is 0 Å². The molecule has 20 heavy (non-hydrogen) atoms. The normalized spacial score (nSPS) is 10.9. The fraction of sp³-hybridized carbons (Fsp3) is 0.133. The minimum absolute atomic E-state index is 0.158. The molecule has 0 saturated heterocycles. The maximum Gasteiger partial charge on any atom is 0.144 e. The molecule has 5 heteroatoms. The molecular formula is C15H13Br2NO2. The zero-order valence-electron chi connectivity index (χ0n) is 10.8. The van der Waals surface area contributed by atoms with Crippen molar-refractivity contribution in [2.45, 2.75) is 6.92 Å². The Morgan fingerprint density at radius 2 is 2.00 bits per heavy atom. The SMILES string of the molecule is CCOc1ccccc1N=Cc1cc(Br)cc(Br)c1O. The Morgan fingerprint density at radius 1 is 1.25 bits per heavy atom. The number of phenols is 1.